The predicted octanol–water partition coefficient (Wildman–Crippen LogP) is 1.72. The Morgan fingerprint density at radius 3 is 2.94 bits per heavy atom. The zero-order valence-electron chi connectivity index (χ0n) is 8.67. The first-order valence-electron chi connectivity index (χ1n) is 4.77. The minimum absolute atomic E-state index is 0.0552. The molecule has 1 aliphatic heterocycles. The van der Waals surface area contributed by atoms with E-state index in [-0.39, 0.29) is 5.69 Å². The fourth-order valence-electron chi connectivity index (χ4n) is 1.88. The van der Waals surface area contributed by atoms with Crippen molar-refractivity contribution in [2.45, 2.75) is 6.42 Å². The van der Waals surface area contributed by atoms with E-state index in [1.54, 1.807) is 12.1 Å². The van der Waals surface area contributed by atoms with E-state index in [4.69, 9.17) is 0 Å². The van der Waals surface area contributed by atoms with Gasteiger partial charge in [0.15, 0.2) is 0 Å². The Kier molecular flexibility index (Phi) is 2.47. The molecule has 2 rings (SSSR count). The maximum Gasteiger partial charge on any atom is 0.414 e. The Balaban J connectivity index is 2.51. The number of hydrogen-bond donors (Lipinski definition) is 0. The van der Waals surface area contributed by atoms with Crippen molar-refractivity contribution < 1.29 is 14.5 Å². The van der Waals surface area contributed by atoms with Crippen LogP contribution in [-0.2, 0) is 11.2 Å². The Morgan fingerprint density at radius 2 is 2.31 bits per heavy atom. The molecule has 6 nitrogen and oxygen atoms in total. The number of fused-ring (bicyclic) bond motifs is 1. The van der Waals surface area contributed by atoms with Crippen molar-refractivity contribution in [2.75, 3.05) is 18.6 Å². The number of carbonyl (C=O) groups excluding carboxylic acids is 1. The van der Waals surface area contributed by atoms with Gasteiger partial charge in [0.25, 0.3) is 5.69 Å². The number of methoxy groups -OCH3 is 1. The molecule has 0 aromatic heterocycles. The van der Waals surface area contributed by atoms with Crippen LogP contribution in [0, 0.1) is 10.1 Å². The largest absolute Gasteiger partial charge is 0.452 e. The molecule has 1 aliphatic rings. The molecular weight excluding hydrogens is 212 g/mol. The van der Waals surface area contributed by atoms with Crippen molar-refractivity contribution in [2.24, 2.45) is 0 Å². The molecule has 0 saturated carbocycles. The number of carbonyl (C=O) groups is 1. The summed E-state index contributed by atoms with van der Waals surface area (Å²) >= 11 is 0. The molecule has 0 spiro atoms. The predicted molar refractivity (Wildman–Crippen MR) is 56.6 cm³/mol. The highest BCUT2D eigenvalue weighted by molar-refractivity contribution is 5.93. The van der Waals surface area contributed by atoms with Crippen LogP contribution in [0.4, 0.5) is 16.2 Å². The van der Waals surface area contributed by atoms with Crippen molar-refractivity contribution in [3.8, 4) is 0 Å². The molecule has 0 saturated heterocycles. The minimum Gasteiger partial charge on any atom is -0.452 e. The van der Waals surface area contributed by atoms with Crippen LogP contribution in [0.5, 0.6) is 0 Å². The zero-order valence-corrected chi connectivity index (χ0v) is 8.67. The molecule has 0 radical (unpaired) electrons. The highest BCUT2D eigenvalue weighted by atomic mass is 16.6. The van der Waals surface area contributed by atoms with Gasteiger partial charge in [0.1, 0.15) is 5.69 Å². The molecule has 1 aromatic rings. The third kappa shape index (κ3) is 1.48. The molecule has 84 valence electrons. The SMILES string of the molecule is COC(=O)N1CCc2cccc([N+](=O)[O-])c21. The van der Waals surface area contributed by atoms with Crippen LogP contribution in [0.25, 0.3) is 0 Å². The molecule has 0 fully saturated rings. The van der Waals surface area contributed by atoms with E-state index in [1.807, 2.05) is 0 Å². The summed E-state index contributed by atoms with van der Waals surface area (Å²) in [7, 11) is 1.26. The lowest BCUT2D eigenvalue weighted by molar-refractivity contribution is -0.384. The second-order valence-electron chi connectivity index (χ2n) is 3.41. The maximum atomic E-state index is 11.4. The molecule has 0 atom stereocenters. The van der Waals surface area contributed by atoms with Gasteiger partial charge in [-0.3, -0.25) is 15.0 Å². The summed E-state index contributed by atoms with van der Waals surface area (Å²) in [4.78, 5) is 23.1. The van der Waals surface area contributed by atoms with Crippen molar-refractivity contribution in [1.82, 2.24) is 0 Å². The average molecular weight is 222 g/mol. The third-order valence-electron chi connectivity index (χ3n) is 2.56. The fourth-order valence-corrected chi connectivity index (χ4v) is 1.88. The summed E-state index contributed by atoms with van der Waals surface area (Å²) in [6.45, 7) is 0.423. The highest BCUT2D eigenvalue weighted by Gasteiger charge is 2.32. The number of benzene rings is 1. The maximum absolute atomic E-state index is 11.4. The van der Waals surface area contributed by atoms with Crippen LogP contribution < -0.4 is 4.90 Å². The monoisotopic (exact) mass is 222 g/mol. The van der Waals surface area contributed by atoms with Gasteiger partial charge in [0.2, 0.25) is 0 Å². The lowest BCUT2D eigenvalue weighted by atomic mass is 10.1. The molecule has 1 aromatic carbocycles. The Hall–Kier alpha value is -2.11. The lowest BCUT2D eigenvalue weighted by Crippen LogP contribution is -2.29. The van der Waals surface area contributed by atoms with Gasteiger partial charge in [-0.05, 0) is 12.0 Å². The van der Waals surface area contributed by atoms with Crippen molar-refractivity contribution in [3.05, 3.63) is 33.9 Å². The number of nitrogens with zero attached hydrogens (tertiary/aromatic N) is 2. The number of amides is 1. The first kappa shape index (κ1) is 10.4. The van der Waals surface area contributed by atoms with Crippen LogP contribution in [-0.4, -0.2) is 24.7 Å². The van der Waals surface area contributed by atoms with Gasteiger partial charge in [-0.15, -0.1) is 0 Å². The number of nitro groups is 1. The molecule has 0 aliphatic carbocycles. The van der Waals surface area contributed by atoms with Gasteiger partial charge in [0, 0.05) is 12.6 Å². The number of anilines is 1. The van der Waals surface area contributed by atoms with Crippen molar-refractivity contribution in [3.63, 3.8) is 0 Å². The highest BCUT2D eigenvalue weighted by Crippen LogP contribution is 2.36. The summed E-state index contributed by atoms with van der Waals surface area (Å²) in [5.41, 5.74) is 1.11. The summed E-state index contributed by atoms with van der Waals surface area (Å²) < 4.78 is 4.59. The lowest BCUT2D eigenvalue weighted by Gasteiger charge is -2.14. The number of hydrogen-bond acceptors (Lipinski definition) is 4. The van der Waals surface area contributed by atoms with Crippen LogP contribution in [0.15, 0.2) is 18.2 Å². The van der Waals surface area contributed by atoms with E-state index < -0.39 is 11.0 Å². The van der Waals surface area contributed by atoms with Crippen LogP contribution >= 0.6 is 0 Å². The Bertz CT molecular complexity index is 458. The van der Waals surface area contributed by atoms with Gasteiger partial charge < -0.3 is 4.74 Å². The molecule has 0 unspecified atom stereocenters. The average Bonchev–Trinajstić information content (AvgIpc) is 2.71. The van der Waals surface area contributed by atoms with Gasteiger partial charge in [0.05, 0.1) is 12.0 Å². The van der Waals surface area contributed by atoms with E-state index in [9.17, 15) is 14.9 Å². The molecule has 1 heterocycles. The fraction of sp³-hybridized carbons (Fsp3) is 0.300. The van der Waals surface area contributed by atoms with Gasteiger partial charge in [-0.1, -0.05) is 12.1 Å². The summed E-state index contributed by atoms with van der Waals surface area (Å²) in [6, 6.07) is 4.79. The normalized spacial score (nSPS) is 13.4. The van der Waals surface area contributed by atoms with Crippen LogP contribution in [0.2, 0.25) is 0 Å². The summed E-state index contributed by atoms with van der Waals surface area (Å²) in [5.74, 6) is 0. The smallest absolute Gasteiger partial charge is 0.414 e. The van der Waals surface area contributed by atoms with Gasteiger partial charge in [-0.25, -0.2) is 4.79 Å². The molecule has 0 N–H and O–H groups in total. The molecule has 0 bridgehead atoms. The molecule has 6 heteroatoms. The van der Waals surface area contributed by atoms with Gasteiger partial charge in [-0.2, -0.15) is 0 Å². The quantitative estimate of drug-likeness (QED) is 0.535. The number of ether oxygens (including phenoxy) is 1. The second-order valence-corrected chi connectivity index (χ2v) is 3.41. The molecule has 16 heavy (non-hydrogen) atoms. The van der Waals surface area contributed by atoms with Crippen LogP contribution in [0.1, 0.15) is 5.56 Å². The van der Waals surface area contributed by atoms with Crippen LogP contribution in [0.3, 0.4) is 0 Å². The zero-order chi connectivity index (χ0) is 11.7. The first-order valence-corrected chi connectivity index (χ1v) is 4.77. The van der Waals surface area contributed by atoms with Crippen molar-refractivity contribution in [1.29, 1.82) is 0 Å². The Morgan fingerprint density at radius 1 is 1.56 bits per heavy atom. The standard InChI is InChI=1S/C10H10N2O4/c1-16-10(13)11-6-5-7-3-2-4-8(9(7)11)12(14)15/h2-4H,5-6H2,1H3. The minimum atomic E-state index is -0.562. The van der Waals surface area contributed by atoms with E-state index >= 15 is 0 Å². The van der Waals surface area contributed by atoms with E-state index in [0.29, 0.717) is 18.7 Å². The van der Waals surface area contributed by atoms with E-state index in [1.165, 1.54) is 18.1 Å². The topological polar surface area (TPSA) is 72.7 Å². The van der Waals surface area contributed by atoms with E-state index in [0.717, 1.165) is 5.56 Å². The van der Waals surface area contributed by atoms with Crippen molar-refractivity contribution >= 4 is 17.5 Å². The number of rotatable bonds is 1. The van der Waals surface area contributed by atoms with Gasteiger partial charge >= 0.3 is 6.09 Å². The summed E-state index contributed by atoms with van der Waals surface area (Å²) in [6.07, 6.45) is 0.0552. The summed E-state index contributed by atoms with van der Waals surface area (Å²) in [5, 5.41) is 10.8. The second kappa shape index (κ2) is 3.80. The van der Waals surface area contributed by atoms with E-state index in [2.05, 4.69) is 4.74 Å². The molecular formula is C10H10N2O4. The number of nitro benzene ring substituents is 1. The third-order valence-corrected chi connectivity index (χ3v) is 2.56. The Labute approximate surface area is 91.6 Å². The number of para-hydroxylation sites is 1. The first-order chi connectivity index (χ1) is 7.65. The molecule has 1 amide bonds.